The summed E-state index contributed by atoms with van der Waals surface area (Å²) >= 11 is 0. The van der Waals surface area contributed by atoms with E-state index >= 15 is 0 Å². The van der Waals surface area contributed by atoms with E-state index < -0.39 is 15.4 Å². The van der Waals surface area contributed by atoms with Crippen LogP contribution in [-0.4, -0.2) is 22.8 Å². The molecule has 0 fully saturated rings. The summed E-state index contributed by atoms with van der Waals surface area (Å²) in [5.41, 5.74) is 7.32. The molecule has 6 rings (SSSR count). The quantitative estimate of drug-likeness (QED) is 0.311. The van der Waals surface area contributed by atoms with Gasteiger partial charge >= 0.3 is 0 Å². The Morgan fingerprint density at radius 1 is 0.722 bits per heavy atom. The van der Waals surface area contributed by atoms with Crippen LogP contribution in [0.5, 0.6) is 0 Å². The van der Waals surface area contributed by atoms with E-state index in [1.165, 1.54) is 27.8 Å². The van der Waals surface area contributed by atoms with Crippen LogP contribution in [0.1, 0.15) is 27.9 Å². The number of benzene rings is 4. The lowest BCUT2D eigenvalue weighted by molar-refractivity contribution is 0.512. The minimum atomic E-state index is -3.83. The molecule has 0 atom stereocenters. The van der Waals surface area contributed by atoms with Crippen LogP contribution >= 0.6 is 0 Å². The number of aromatic nitrogens is 3. The van der Waals surface area contributed by atoms with Gasteiger partial charge in [-0.3, -0.25) is 0 Å². The lowest BCUT2D eigenvalue weighted by Crippen LogP contribution is -2.31. The highest BCUT2D eigenvalue weighted by atomic mass is 32.2. The summed E-state index contributed by atoms with van der Waals surface area (Å²) in [5.74, 6) is 0. The molecule has 5 nitrogen and oxygen atoms in total. The second-order valence-corrected chi connectivity index (χ2v) is 11.2. The molecule has 0 amide bonds. The zero-order chi connectivity index (χ0) is 24.8. The van der Waals surface area contributed by atoms with Gasteiger partial charge < -0.3 is 0 Å². The largest absolute Gasteiger partial charge is 0.284 e. The maximum Gasteiger partial charge on any atom is 0.284 e. The van der Waals surface area contributed by atoms with Crippen molar-refractivity contribution in [2.75, 3.05) is 0 Å². The van der Waals surface area contributed by atoms with Gasteiger partial charge in [-0.05, 0) is 53.3 Å². The van der Waals surface area contributed by atoms with Crippen molar-refractivity contribution in [1.82, 2.24) is 14.4 Å². The number of fused-ring (bicyclic) bond motifs is 3. The first-order valence-electron chi connectivity index (χ1n) is 11.9. The number of hydrogen-bond acceptors (Lipinski definition) is 4. The highest BCUT2D eigenvalue weighted by Gasteiger charge is 2.43. The molecule has 0 saturated carbocycles. The molecule has 1 aliphatic rings. The third-order valence-electron chi connectivity index (χ3n) is 7.09. The van der Waals surface area contributed by atoms with Gasteiger partial charge in [-0.15, -0.1) is 9.19 Å². The zero-order valence-corrected chi connectivity index (χ0v) is 20.7. The lowest BCUT2D eigenvalue weighted by atomic mass is 9.70. The maximum absolute atomic E-state index is 13.2. The van der Waals surface area contributed by atoms with Crippen LogP contribution in [0.25, 0.3) is 11.1 Å². The molecule has 36 heavy (non-hydrogen) atoms. The molecule has 0 unspecified atom stereocenters. The van der Waals surface area contributed by atoms with Gasteiger partial charge in [0.2, 0.25) is 0 Å². The van der Waals surface area contributed by atoms with Crippen molar-refractivity contribution >= 4 is 10.0 Å². The predicted molar refractivity (Wildman–Crippen MR) is 140 cm³/mol. The standard InChI is InChI=1S/C30H25N3O2S/c1-22-15-17-25(18-16-22)36(34,35)33-21-24(31-32-33)20-30(19-23-9-3-2-4-10-23)28-13-7-5-11-26(28)27-12-6-8-14-29(27)30/h2-18,21H,19-20H2,1H3. The number of aryl methyl sites for hydroxylation is 1. The van der Waals surface area contributed by atoms with Crippen molar-refractivity contribution in [1.29, 1.82) is 0 Å². The molecule has 1 heterocycles. The summed E-state index contributed by atoms with van der Waals surface area (Å²) < 4.78 is 27.4. The van der Waals surface area contributed by atoms with Gasteiger partial charge in [0.05, 0.1) is 16.8 Å². The topological polar surface area (TPSA) is 64.8 Å². The predicted octanol–water partition coefficient (Wildman–Crippen LogP) is 5.58. The Balaban J connectivity index is 1.47. The lowest BCUT2D eigenvalue weighted by Gasteiger charge is -2.32. The van der Waals surface area contributed by atoms with Crippen LogP contribution in [0.2, 0.25) is 0 Å². The number of rotatable bonds is 6. The highest BCUT2D eigenvalue weighted by molar-refractivity contribution is 7.89. The summed E-state index contributed by atoms with van der Waals surface area (Å²) in [7, 11) is -3.83. The minimum absolute atomic E-state index is 0.195. The Morgan fingerprint density at radius 2 is 1.31 bits per heavy atom. The first-order chi connectivity index (χ1) is 17.5. The summed E-state index contributed by atoms with van der Waals surface area (Å²) in [6, 6.07) is 34.2. The smallest absolute Gasteiger partial charge is 0.199 e. The van der Waals surface area contributed by atoms with E-state index in [2.05, 4.69) is 83.1 Å². The van der Waals surface area contributed by atoms with E-state index in [0.29, 0.717) is 12.1 Å². The minimum Gasteiger partial charge on any atom is -0.199 e. The molecule has 6 heteroatoms. The third-order valence-corrected chi connectivity index (χ3v) is 8.63. The van der Waals surface area contributed by atoms with Crippen LogP contribution in [0.15, 0.2) is 114 Å². The molecule has 0 saturated heterocycles. The van der Waals surface area contributed by atoms with Crippen molar-refractivity contribution in [2.24, 2.45) is 0 Å². The molecular weight excluding hydrogens is 466 g/mol. The Bertz CT molecular complexity index is 1610. The molecule has 1 aliphatic carbocycles. The second kappa shape index (κ2) is 8.57. The molecular formula is C30H25N3O2S. The summed E-state index contributed by atoms with van der Waals surface area (Å²) in [4.78, 5) is 0.195. The first kappa shape index (κ1) is 22.4. The van der Waals surface area contributed by atoms with E-state index in [0.717, 1.165) is 16.1 Å². The number of nitrogens with zero attached hydrogens (tertiary/aromatic N) is 3. The van der Waals surface area contributed by atoms with E-state index in [4.69, 9.17) is 0 Å². The Hall–Kier alpha value is -4.03. The van der Waals surface area contributed by atoms with Crippen molar-refractivity contribution in [2.45, 2.75) is 30.1 Å². The summed E-state index contributed by atoms with van der Waals surface area (Å²) in [6.45, 7) is 1.92. The monoisotopic (exact) mass is 491 g/mol. The van der Waals surface area contributed by atoms with Gasteiger partial charge in [0.15, 0.2) is 0 Å². The van der Waals surface area contributed by atoms with E-state index in [9.17, 15) is 8.42 Å². The van der Waals surface area contributed by atoms with Gasteiger partial charge in [0, 0.05) is 11.8 Å². The van der Waals surface area contributed by atoms with E-state index in [1.54, 1.807) is 30.5 Å². The van der Waals surface area contributed by atoms with Gasteiger partial charge in [-0.25, -0.2) is 0 Å². The Kier molecular flexibility index (Phi) is 5.34. The fourth-order valence-corrected chi connectivity index (χ4v) is 6.50. The molecule has 5 aromatic rings. The average molecular weight is 492 g/mol. The van der Waals surface area contributed by atoms with Crippen molar-refractivity contribution in [3.8, 4) is 11.1 Å². The Labute approximate surface area is 211 Å². The summed E-state index contributed by atoms with van der Waals surface area (Å²) in [5, 5.41) is 8.41. The fraction of sp³-hybridized carbons (Fsp3) is 0.133. The number of hydrogen-bond donors (Lipinski definition) is 0. The normalized spacial score (nSPS) is 13.8. The molecule has 0 radical (unpaired) electrons. The SMILES string of the molecule is Cc1ccc(S(=O)(=O)n2cc(CC3(Cc4ccccc4)c4ccccc4-c4ccccc43)nn2)cc1. The van der Waals surface area contributed by atoms with Crippen molar-refractivity contribution in [3.05, 3.63) is 137 Å². The van der Waals surface area contributed by atoms with Crippen LogP contribution < -0.4 is 0 Å². The van der Waals surface area contributed by atoms with Crippen LogP contribution in [-0.2, 0) is 28.3 Å². The molecule has 0 spiro atoms. The fourth-order valence-electron chi connectivity index (χ4n) is 5.41. The summed E-state index contributed by atoms with van der Waals surface area (Å²) in [6.07, 6.45) is 2.85. The second-order valence-electron chi connectivity index (χ2n) is 9.41. The molecule has 4 aromatic carbocycles. The van der Waals surface area contributed by atoms with E-state index in [-0.39, 0.29) is 4.90 Å². The molecule has 178 valence electrons. The molecule has 0 N–H and O–H groups in total. The first-order valence-corrected chi connectivity index (χ1v) is 13.4. The van der Waals surface area contributed by atoms with Crippen LogP contribution in [0, 0.1) is 6.92 Å². The van der Waals surface area contributed by atoms with Crippen molar-refractivity contribution in [3.63, 3.8) is 0 Å². The van der Waals surface area contributed by atoms with Crippen LogP contribution in [0.3, 0.4) is 0 Å². The maximum atomic E-state index is 13.2. The highest BCUT2D eigenvalue weighted by Crippen LogP contribution is 2.52. The van der Waals surface area contributed by atoms with E-state index in [1.807, 2.05) is 13.0 Å². The van der Waals surface area contributed by atoms with Gasteiger partial charge in [0.25, 0.3) is 10.0 Å². The average Bonchev–Trinajstić information content (AvgIpc) is 3.48. The Morgan fingerprint density at radius 3 is 1.94 bits per heavy atom. The molecule has 0 aliphatic heterocycles. The van der Waals surface area contributed by atoms with Crippen molar-refractivity contribution < 1.29 is 8.42 Å². The molecule has 0 bridgehead atoms. The van der Waals surface area contributed by atoms with Crippen LogP contribution in [0.4, 0.5) is 0 Å². The van der Waals surface area contributed by atoms with Gasteiger partial charge in [-0.2, -0.15) is 8.42 Å². The molecule has 1 aromatic heterocycles. The van der Waals surface area contributed by atoms with Gasteiger partial charge in [-0.1, -0.05) is 102 Å². The third kappa shape index (κ3) is 3.65. The van der Waals surface area contributed by atoms with Gasteiger partial charge in [0.1, 0.15) is 0 Å². The zero-order valence-electron chi connectivity index (χ0n) is 19.9.